The van der Waals surface area contributed by atoms with E-state index in [0.29, 0.717) is 15.5 Å². The first-order chi connectivity index (χ1) is 6.50. The van der Waals surface area contributed by atoms with Gasteiger partial charge in [-0.25, -0.2) is 22.4 Å². The third-order valence-corrected chi connectivity index (χ3v) is 3.37. The highest BCUT2D eigenvalue weighted by Gasteiger charge is 2.13. The monoisotopic (exact) mass is 275 g/mol. The number of hydrogen-bond donors (Lipinski definition) is 0. The predicted molar refractivity (Wildman–Crippen MR) is 55.5 cm³/mol. The highest BCUT2D eigenvalue weighted by molar-refractivity contribution is 9.10. The number of hydrogen-bond acceptors (Lipinski definition) is 4. The van der Waals surface area contributed by atoms with Gasteiger partial charge >= 0.3 is 0 Å². The molecule has 0 bridgehead atoms. The molecule has 0 spiro atoms. The van der Waals surface area contributed by atoms with Crippen LogP contribution in [0.2, 0.25) is 0 Å². The molecule has 0 aromatic carbocycles. The molecular weight excluding hydrogens is 270 g/mol. The topological polar surface area (TPSA) is 64.8 Å². The quantitative estimate of drug-likeness (QED) is 0.779. The summed E-state index contributed by atoms with van der Waals surface area (Å²) in [7, 11) is -3.31. The molecule has 0 atom stereocenters. The van der Waals surface area contributed by atoms with Gasteiger partial charge in [0.25, 0.3) is 0 Å². The van der Waals surface area contributed by atoms with Crippen molar-refractivity contribution in [1.29, 1.82) is 0 Å². The van der Waals surface area contributed by atoms with Crippen LogP contribution >= 0.6 is 15.9 Å². The maximum atomic E-state index is 11.3. The fourth-order valence-electron chi connectivity index (χ4n) is 1.15. The lowest BCUT2D eigenvalue weighted by Gasteiger charge is -1.98. The molecule has 0 fully saturated rings. The van der Waals surface area contributed by atoms with E-state index in [1.807, 2.05) is 0 Å². The third-order valence-electron chi connectivity index (χ3n) is 1.75. The molecule has 0 aliphatic heterocycles. The van der Waals surface area contributed by atoms with E-state index >= 15 is 0 Å². The van der Waals surface area contributed by atoms with Crippen LogP contribution in [0.5, 0.6) is 0 Å². The minimum atomic E-state index is -3.31. The molecule has 0 saturated carbocycles. The van der Waals surface area contributed by atoms with Gasteiger partial charge in [-0.05, 0) is 15.9 Å². The number of aromatic nitrogens is 3. The summed E-state index contributed by atoms with van der Waals surface area (Å²) < 4.78 is 24.5. The van der Waals surface area contributed by atoms with Crippen LogP contribution in [0.15, 0.2) is 23.2 Å². The Kier molecular flexibility index (Phi) is 2.07. The molecule has 2 aromatic heterocycles. The van der Waals surface area contributed by atoms with Crippen molar-refractivity contribution >= 4 is 37.0 Å². The molecule has 7 heteroatoms. The Labute approximate surface area is 89.0 Å². The Hall–Kier alpha value is -0.950. The maximum absolute atomic E-state index is 11.3. The minimum Gasteiger partial charge on any atom is -0.244 e. The molecule has 0 radical (unpaired) electrons. The van der Waals surface area contributed by atoms with Gasteiger partial charge in [0.15, 0.2) is 5.65 Å². The number of fused-ring (bicyclic) bond motifs is 1. The van der Waals surface area contributed by atoms with Crippen molar-refractivity contribution in [3.8, 4) is 0 Å². The molecule has 0 unspecified atom stereocenters. The minimum absolute atomic E-state index is 0.384. The molecule has 2 rings (SSSR count). The normalized spacial score (nSPS) is 12.1. The lowest BCUT2D eigenvalue weighted by molar-refractivity contribution is 0.595. The second-order valence-electron chi connectivity index (χ2n) is 2.80. The standard InChI is InChI=1S/C7H6BrN3O2S/c1-14(12,13)11-3-6(8)5-2-9-4-10-7(5)11/h2-4H,1H3. The van der Waals surface area contributed by atoms with Crippen LogP contribution in [-0.4, -0.2) is 28.6 Å². The molecule has 0 saturated heterocycles. The zero-order valence-electron chi connectivity index (χ0n) is 7.18. The van der Waals surface area contributed by atoms with E-state index in [9.17, 15) is 8.42 Å². The van der Waals surface area contributed by atoms with Gasteiger partial charge in [0.2, 0.25) is 10.0 Å². The summed E-state index contributed by atoms with van der Waals surface area (Å²) in [6.07, 6.45) is 5.47. The lowest BCUT2D eigenvalue weighted by Crippen LogP contribution is -2.08. The Balaban J connectivity index is 2.93. The van der Waals surface area contributed by atoms with Gasteiger partial charge in [-0.1, -0.05) is 0 Å². The largest absolute Gasteiger partial charge is 0.244 e. The second-order valence-corrected chi connectivity index (χ2v) is 5.51. The first kappa shape index (κ1) is 9.60. The smallest absolute Gasteiger partial charge is 0.237 e. The first-order valence-electron chi connectivity index (χ1n) is 3.67. The maximum Gasteiger partial charge on any atom is 0.237 e. The summed E-state index contributed by atoms with van der Waals surface area (Å²) in [6, 6.07) is 0. The SMILES string of the molecule is CS(=O)(=O)n1cc(Br)c2cncnc21. The molecule has 0 aliphatic carbocycles. The van der Waals surface area contributed by atoms with E-state index in [-0.39, 0.29) is 0 Å². The summed E-state index contributed by atoms with van der Waals surface area (Å²) in [6.45, 7) is 0. The molecule has 0 amide bonds. The van der Waals surface area contributed by atoms with Gasteiger partial charge in [-0.2, -0.15) is 0 Å². The summed E-state index contributed by atoms with van der Waals surface area (Å²) in [5, 5.41) is 0.679. The zero-order valence-corrected chi connectivity index (χ0v) is 9.58. The van der Waals surface area contributed by atoms with Crippen molar-refractivity contribution in [2.75, 3.05) is 6.26 Å². The van der Waals surface area contributed by atoms with E-state index in [1.54, 1.807) is 6.20 Å². The van der Waals surface area contributed by atoms with Crippen LogP contribution in [0, 0.1) is 0 Å². The summed E-state index contributed by atoms with van der Waals surface area (Å²) in [4.78, 5) is 7.73. The molecule has 0 aliphatic rings. The summed E-state index contributed by atoms with van der Waals surface area (Å²) in [5.74, 6) is 0. The predicted octanol–water partition coefficient (Wildman–Crippen LogP) is 1.00. The molecule has 74 valence electrons. The van der Waals surface area contributed by atoms with E-state index in [0.717, 1.165) is 10.2 Å². The third kappa shape index (κ3) is 1.42. The van der Waals surface area contributed by atoms with Gasteiger partial charge in [0, 0.05) is 16.9 Å². The van der Waals surface area contributed by atoms with Gasteiger partial charge in [0.1, 0.15) is 6.33 Å². The Morgan fingerprint density at radius 1 is 1.50 bits per heavy atom. The van der Waals surface area contributed by atoms with Crippen LogP contribution in [0.1, 0.15) is 0 Å². The van der Waals surface area contributed by atoms with Gasteiger partial charge in [0.05, 0.1) is 11.6 Å². The van der Waals surface area contributed by atoms with Crippen molar-refractivity contribution in [3.63, 3.8) is 0 Å². The second kappa shape index (κ2) is 3.03. The fourth-order valence-corrected chi connectivity index (χ4v) is 2.53. The zero-order chi connectivity index (χ0) is 10.3. The lowest BCUT2D eigenvalue weighted by atomic mass is 10.4. The van der Waals surface area contributed by atoms with Crippen molar-refractivity contribution in [2.45, 2.75) is 0 Å². The van der Waals surface area contributed by atoms with Gasteiger partial charge in [-0.3, -0.25) is 0 Å². The number of halogens is 1. The van der Waals surface area contributed by atoms with Gasteiger partial charge < -0.3 is 0 Å². The average molecular weight is 276 g/mol. The molecular formula is C7H6BrN3O2S. The van der Waals surface area contributed by atoms with Crippen molar-refractivity contribution < 1.29 is 8.42 Å². The van der Waals surface area contributed by atoms with Crippen LogP contribution in [0.4, 0.5) is 0 Å². The van der Waals surface area contributed by atoms with E-state index in [2.05, 4.69) is 25.9 Å². The molecule has 0 N–H and O–H groups in total. The Morgan fingerprint density at radius 2 is 2.21 bits per heavy atom. The molecule has 2 aromatic rings. The van der Waals surface area contributed by atoms with Crippen molar-refractivity contribution in [1.82, 2.24) is 13.9 Å². The Bertz CT molecular complexity index is 590. The van der Waals surface area contributed by atoms with Crippen LogP contribution in [-0.2, 0) is 10.0 Å². The van der Waals surface area contributed by atoms with Crippen LogP contribution in [0.3, 0.4) is 0 Å². The van der Waals surface area contributed by atoms with E-state index in [4.69, 9.17) is 0 Å². The van der Waals surface area contributed by atoms with Crippen molar-refractivity contribution in [2.24, 2.45) is 0 Å². The van der Waals surface area contributed by atoms with E-state index < -0.39 is 10.0 Å². The van der Waals surface area contributed by atoms with Crippen LogP contribution in [0.25, 0.3) is 11.0 Å². The summed E-state index contributed by atoms with van der Waals surface area (Å²) in [5.41, 5.74) is 0.384. The molecule has 14 heavy (non-hydrogen) atoms. The molecule has 2 heterocycles. The fraction of sp³-hybridized carbons (Fsp3) is 0.143. The highest BCUT2D eigenvalue weighted by atomic mass is 79.9. The highest BCUT2D eigenvalue weighted by Crippen LogP contribution is 2.24. The van der Waals surface area contributed by atoms with Crippen molar-refractivity contribution in [3.05, 3.63) is 23.2 Å². The van der Waals surface area contributed by atoms with Crippen LogP contribution < -0.4 is 0 Å². The first-order valence-corrected chi connectivity index (χ1v) is 6.31. The van der Waals surface area contributed by atoms with Gasteiger partial charge in [-0.15, -0.1) is 0 Å². The number of nitrogens with zero attached hydrogens (tertiary/aromatic N) is 3. The Morgan fingerprint density at radius 3 is 2.86 bits per heavy atom. The average Bonchev–Trinajstić information content (AvgIpc) is 2.44. The molecule has 5 nitrogen and oxygen atoms in total. The summed E-state index contributed by atoms with van der Waals surface area (Å²) >= 11 is 3.24. The van der Waals surface area contributed by atoms with E-state index in [1.165, 1.54) is 12.5 Å². The number of rotatable bonds is 1.